The van der Waals surface area contributed by atoms with Crippen LogP contribution in [0.4, 0.5) is 0 Å². The molecule has 27 heavy (non-hydrogen) atoms. The van der Waals surface area contributed by atoms with Crippen LogP contribution in [-0.4, -0.2) is 38.2 Å². The van der Waals surface area contributed by atoms with E-state index in [1.54, 1.807) is 24.3 Å². The monoisotopic (exact) mass is 387 g/mol. The molecule has 140 valence electrons. The standard InChI is InChI=1S/C18H17N3O5S/c1-9-13(27-10(2)20-9)8-21-12-6-4-3-5-11(12)16(24)15(18(21)26)17(25)19-7-14(22)23/h3-6,24H,7-8H2,1-2H3,(H,19,25)(H,22,23). The highest BCUT2D eigenvalue weighted by Gasteiger charge is 2.23. The van der Waals surface area contributed by atoms with Crippen LogP contribution in [0.25, 0.3) is 10.9 Å². The van der Waals surface area contributed by atoms with Gasteiger partial charge in [-0.05, 0) is 26.0 Å². The van der Waals surface area contributed by atoms with Crippen molar-refractivity contribution in [1.29, 1.82) is 0 Å². The van der Waals surface area contributed by atoms with Gasteiger partial charge >= 0.3 is 5.97 Å². The van der Waals surface area contributed by atoms with Gasteiger partial charge in [-0.1, -0.05) is 12.1 Å². The maximum absolute atomic E-state index is 13.0. The first-order valence-electron chi connectivity index (χ1n) is 8.07. The number of benzene rings is 1. The SMILES string of the molecule is Cc1nc(C)c(Cn2c(=O)c(C(=O)NCC(=O)O)c(O)c3ccccc32)s1. The number of carbonyl (C=O) groups is 2. The van der Waals surface area contributed by atoms with Crippen LogP contribution in [-0.2, 0) is 11.3 Å². The maximum Gasteiger partial charge on any atom is 0.322 e. The number of aliphatic carboxylic acids is 1. The van der Waals surface area contributed by atoms with Gasteiger partial charge in [-0.15, -0.1) is 11.3 Å². The van der Waals surface area contributed by atoms with Crippen LogP contribution in [0.5, 0.6) is 5.75 Å². The number of rotatable bonds is 5. The summed E-state index contributed by atoms with van der Waals surface area (Å²) in [7, 11) is 0. The van der Waals surface area contributed by atoms with E-state index in [9.17, 15) is 19.5 Å². The summed E-state index contributed by atoms with van der Waals surface area (Å²) in [5.41, 5.74) is 0.0899. The summed E-state index contributed by atoms with van der Waals surface area (Å²) in [5, 5.41) is 22.5. The summed E-state index contributed by atoms with van der Waals surface area (Å²) in [4.78, 5) is 41.3. The molecular formula is C18H17N3O5S. The van der Waals surface area contributed by atoms with Gasteiger partial charge in [-0.3, -0.25) is 14.4 Å². The zero-order valence-electron chi connectivity index (χ0n) is 14.6. The predicted octanol–water partition coefficient (Wildman–Crippen LogP) is 1.64. The van der Waals surface area contributed by atoms with Crippen LogP contribution >= 0.6 is 11.3 Å². The molecule has 0 saturated carbocycles. The van der Waals surface area contributed by atoms with E-state index in [-0.39, 0.29) is 6.54 Å². The molecule has 2 aromatic heterocycles. The Morgan fingerprint density at radius 3 is 2.59 bits per heavy atom. The summed E-state index contributed by atoms with van der Waals surface area (Å²) >= 11 is 1.45. The third-order valence-electron chi connectivity index (χ3n) is 4.07. The third-order valence-corrected chi connectivity index (χ3v) is 5.13. The molecule has 0 unspecified atom stereocenters. The minimum absolute atomic E-state index is 0.191. The fourth-order valence-corrected chi connectivity index (χ4v) is 3.79. The molecule has 3 rings (SSSR count). The Morgan fingerprint density at radius 1 is 1.26 bits per heavy atom. The molecule has 0 aliphatic heterocycles. The van der Waals surface area contributed by atoms with Crippen LogP contribution in [0.3, 0.4) is 0 Å². The first-order valence-corrected chi connectivity index (χ1v) is 8.88. The van der Waals surface area contributed by atoms with Crippen molar-refractivity contribution in [2.24, 2.45) is 0 Å². The van der Waals surface area contributed by atoms with Crippen molar-refractivity contribution in [3.8, 4) is 5.75 Å². The van der Waals surface area contributed by atoms with Crippen molar-refractivity contribution >= 4 is 34.1 Å². The Morgan fingerprint density at radius 2 is 1.96 bits per heavy atom. The average molecular weight is 387 g/mol. The normalized spacial score (nSPS) is 10.9. The molecule has 3 N–H and O–H groups in total. The molecule has 1 amide bonds. The molecule has 0 radical (unpaired) electrons. The summed E-state index contributed by atoms with van der Waals surface area (Å²) in [6.45, 7) is 3.24. The highest BCUT2D eigenvalue weighted by molar-refractivity contribution is 7.11. The van der Waals surface area contributed by atoms with E-state index < -0.39 is 35.3 Å². The summed E-state index contributed by atoms with van der Waals surface area (Å²) < 4.78 is 1.39. The topological polar surface area (TPSA) is 122 Å². The van der Waals surface area contributed by atoms with Gasteiger partial charge in [-0.25, -0.2) is 4.98 Å². The molecule has 0 fully saturated rings. The van der Waals surface area contributed by atoms with Crippen molar-refractivity contribution in [2.75, 3.05) is 6.54 Å². The van der Waals surface area contributed by atoms with Crippen LogP contribution < -0.4 is 10.9 Å². The van der Waals surface area contributed by atoms with E-state index in [1.165, 1.54) is 15.9 Å². The number of nitrogens with one attached hydrogen (secondary N) is 1. The number of carboxylic acid groups (broad SMARTS) is 1. The van der Waals surface area contributed by atoms with E-state index in [0.29, 0.717) is 10.9 Å². The smallest absolute Gasteiger partial charge is 0.322 e. The van der Waals surface area contributed by atoms with Crippen LogP contribution in [0.2, 0.25) is 0 Å². The fraction of sp³-hybridized carbons (Fsp3) is 0.222. The van der Waals surface area contributed by atoms with E-state index in [0.717, 1.165) is 15.6 Å². The largest absolute Gasteiger partial charge is 0.506 e. The molecule has 0 bridgehead atoms. The Hall–Kier alpha value is -3.20. The van der Waals surface area contributed by atoms with Crippen molar-refractivity contribution in [2.45, 2.75) is 20.4 Å². The molecule has 0 spiro atoms. The first kappa shape index (κ1) is 18.6. The van der Waals surface area contributed by atoms with E-state index in [4.69, 9.17) is 5.11 Å². The highest BCUT2D eigenvalue weighted by Crippen LogP contribution is 2.27. The second-order valence-electron chi connectivity index (χ2n) is 5.95. The van der Waals surface area contributed by atoms with Gasteiger partial charge in [0.05, 0.1) is 22.8 Å². The number of pyridine rings is 1. The van der Waals surface area contributed by atoms with Crippen molar-refractivity contribution in [1.82, 2.24) is 14.9 Å². The molecule has 0 saturated heterocycles. The first-order chi connectivity index (χ1) is 12.8. The lowest BCUT2D eigenvalue weighted by atomic mass is 10.1. The molecule has 0 aliphatic carbocycles. The number of hydrogen-bond acceptors (Lipinski definition) is 6. The lowest BCUT2D eigenvalue weighted by molar-refractivity contribution is -0.135. The number of hydrogen-bond donors (Lipinski definition) is 3. The Kier molecular flexibility index (Phi) is 4.95. The van der Waals surface area contributed by atoms with E-state index >= 15 is 0 Å². The van der Waals surface area contributed by atoms with Gasteiger partial charge in [0.15, 0.2) is 0 Å². The number of para-hydroxylation sites is 1. The van der Waals surface area contributed by atoms with Crippen molar-refractivity contribution in [3.63, 3.8) is 0 Å². The van der Waals surface area contributed by atoms with Crippen LogP contribution in [0, 0.1) is 13.8 Å². The van der Waals surface area contributed by atoms with Gasteiger partial charge in [0.25, 0.3) is 11.5 Å². The van der Waals surface area contributed by atoms with Gasteiger partial charge in [-0.2, -0.15) is 0 Å². The number of amides is 1. The molecule has 3 aromatic rings. The summed E-state index contributed by atoms with van der Waals surface area (Å²) in [6.07, 6.45) is 0. The lowest BCUT2D eigenvalue weighted by Crippen LogP contribution is -2.36. The van der Waals surface area contributed by atoms with Gasteiger partial charge < -0.3 is 20.1 Å². The molecular weight excluding hydrogens is 370 g/mol. The number of nitrogens with zero attached hydrogens (tertiary/aromatic N) is 2. The summed E-state index contributed by atoms with van der Waals surface area (Å²) in [5.74, 6) is -2.65. The van der Waals surface area contributed by atoms with Gasteiger partial charge in [0, 0.05) is 10.3 Å². The van der Waals surface area contributed by atoms with E-state index in [2.05, 4.69) is 10.3 Å². The number of fused-ring (bicyclic) bond motifs is 1. The number of carbonyl (C=O) groups excluding carboxylic acids is 1. The molecule has 8 nitrogen and oxygen atoms in total. The minimum atomic E-state index is -1.25. The molecule has 1 aromatic carbocycles. The maximum atomic E-state index is 13.0. The predicted molar refractivity (Wildman–Crippen MR) is 101 cm³/mol. The number of thiazole rings is 1. The Bertz CT molecular complexity index is 1120. The second kappa shape index (κ2) is 7.20. The molecule has 0 aliphatic rings. The zero-order chi connectivity index (χ0) is 19.7. The average Bonchev–Trinajstić information content (AvgIpc) is 2.94. The third kappa shape index (κ3) is 3.54. The van der Waals surface area contributed by atoms with Crippen LogP contribution in [0.15, 0.2) is 29.1 Å². The number of aryl methyl sites for hydroxylation is 2. The Labute approximate surface area is 157 Å². The number of carboxylic acids is 1. The van der Waals surface area contributed by atoms with E-state index in [1.807, 2.05) is 13.8 Å². The molecule has 0 atom stereocenters. The second-order valence-corrected chi connectivity index (χ2v) is 7.24. The van der Waals surface area contributed by atoms with Gasteiger partial charge in [0.1, 0.15) is 17.9 Å². The quantitative estimate of drug-likeness (QED) is 0.612. The molecule has 9 heteroatoms. The van der Waals surface area contributed by atoms with Gasteiger partial charge in [0.2, 0.25) is 0 Å². The minimum Gasteiger partial charge on any atom is -0.506 e. The number of aromatic hydroxyl groups is 1. The van der Waals surface area contributed by atoms with Crippen LogP contribution in [0.1, 0.15) is 25.9 Å². The molecule has 2 heterocycles. The van der Waals surface area contributed by atoms with Crippen molar-refractivity contribution < 1.29 is 19.8 Å². The van der Waals surface area contributed by atoms with Crippen molar-refractivity contribution in [3.05, 3.63) is 55.8 Å². The zero-order valence-corrected chi connectivity index (χ0v) is 15.5. The highest BCUT2D eigenvalue weighted by atomic mass is 32.1. The fourth-order valence-electron chi connectivity index (χ4n) is 2.86. The lowest BCUT2D eigenvalue weighted by Gasteiger charge is -2.14. The number of aromatic nitrogens is 2. The summed E-state index contributed by atoms with van der Waals surface area (Å²) in [6, 6.07) is 6.68. The Balaban J connectivity index is 2.20.